The van der Waals surface area contributed by atoms with Crippen LogP contribution >= 0.6 is 12.4 Å². The Balaban J connectivity index is 0.00000243. The largest absolute Gasteiger partial charge is 0.337 e. The third kappa shape index (κ3) is 4.62. The average Bonchev–Trinajstić information content (AvgIpc) is 2.63. The Kier molecular flexibility index (Phi) is 6.77. The quantitative estimate of drug-likeness (QED) is 0.867. The van der Waals surface area contributed by atoms with Crippen LogP contribution in [-0.4, -0.2) is 35.8 Å². The van der Waals surface area contributed by atoms with Crippen molar-refractivity contribution in [2.75, 3.05) is 18.4 Å². The van der Waals surface area contributed by atoms with Crippen molar-refractivity contribution in [2.45, 2.75) is 25.8 Å². The molecule has 0 spiro atoms. The number of hydrogen-bond acceptors (Lipinski definition) is 3. The van der Waals surface area contributed by atoms with Gasteiger partial charge in [-0.3, -0.25) is 9.59 Å². The Bertz CT molecular complexity index is 780. The van der Waals surface area contributed by atoms with Crippen molar-refractivity contribution in [1.29, 1.82) is 0 Å². The van der Waals surface area contributed by atoms with Crippen molar-refractivity contribution in [3.8, 4) is 0 Å². The number of anilines is 1. The van der Waals surface area contributed by atoms with Gasteiger partial charge in [0, 0.05) is 35.9 Å². The van der Waals surface area contributed by atoms with Crippen LogP contribution in [-0.2, 0) is 0 Å². The number of hydrogen-bond donors (Lipinski definition) is 2. The summed E-state index contributed by atoms with van der Waals surface area (Å²) in [6.07, 6.45) is 1.88. The number of aryl methyl sites for hydroxylation is 1. The predicted octanol–water partition coefficient (Wildman–Crippen LogP) is 3.23. The first-order valence-electron chi connectivity index (χ1n) is 8.56. The molecule has 2 aromatic rings. The Labute approximate surface area is 160 Å². The van der Waals surface area contributed by atoms with Gasteiger partial charge in [0.05, 0.1) is 0 Å². The molecule has 0 aromatic heterocycles. The van der Waals surface area contributed by atoms with Gasteiger partial charge in [-0.1, -0.05) is 24.3 Å². The third-order valence-corrected chi connectivity index (χ3v) is 4.51. The summed E-state index contributed by atoms with van der Waals surface area (Å²) in [4.78, 5) is 26.9. The number of amides is 2. The second kappa shape index (κ2) is 8.83. The molecule has 0 bridgehead atoms. The Morgan fingerprint density at radius 2 is 1.85 bits per heavy atom. The van der Waals surface area contributed by atoms with E-state index in [1.165, 1.54) is 0 Å². The SMILES string of the molecule is Cc1ccc(C(=O)N2CCCC(N)C2)cc1NC(=O)c1ccccc1.Cl. The van der Waals surface area contributed by atoms with Crippen molar-refractivity contribution in [1.82, 2.24) is 4.90 Å². The number of nitrogens with two attached hydrogens (primary N) is 1. The molecular weight excluding hydrogens is 350 g/mol. The lowest BCUT2D eigenvalue weighted by Gasteiger charge is -2.31. The highest BCUT2D eigenvalue weighted by atomic mass is 35.5. The summed E-state index contributed by atoms with van der Waals surface area (Å²) in [7, 11) is 0. The van der Waals surface area contributed by atoms with E-state index >= 15 is 0 Å². The molecule has 26 heavy (non-hydrogen) atoms. The Morgan fingerprint density at radius 1 is 1.12 bits per heavy atom. The second-order valence-electron chi connectivity index (χ2n) is 6.50. The van der Waals surface area contributed by atoms with Gasteiger partial charge in [0.25, 0.3) is 11.8 Å². The van der Waals surface area contributed by atoms with Gasteiger partial charge in [0.15, 0.2) is 0 Å². The number of nitrogens with zero attached hydrogens (tertiary/aromatic N) is 1. The smallest absolute Gasteiger partial charge is 0.255 e. The van der Waals surface area contributed by atoms with Gasteiger partial charge in [-0.15, -0.1) is 12.4 Å². The van der Waals surface area contributed by atoms with E-state index in [1.807, 2.05) is 31.2 Å². The highest BCUT2D eigenvalue weighted by Crippen LogP contribution is 2.20. The van der Waals surface area contributed by atoms with Gasteiger partial charge in [-0.25, -0.2) is 0 Å². The third-order valence-electron chi connectivity index (χ3n) is 4.51. The first-order chi connectivity index (χ1) is 12.0. The molecule has 1 unspecified atom stereocenters. The summed E-state index contributed by atoms with van der Waals surface area (Å²) in [6, 6.07) is 14.5. The van der Waals surface area contributed by atoms with Crippen LogP contribution in [0.25, 0.3) is 0 Å². The normalized spacial score (nSPS) is 16.5. The maximum absolute atomic E-state index is 12.7. The summed E-state index contributed by atoms with van der Waals surface area (Å²) in [5.41, 5.74) is 8.70. The monoisotopic (exact) mass is 373 g/mol. The topological polar surface area (TPSA) is 75.4 Å². The van der Waals surface area contributed by atoms with E-state index < -0.39 is 0 Å². The number of carbonyl (C=O) groups is 2. The molecule has 6 heteroatoms. The number of piperidine rings is 1. The van der Waals surface area contributed by atoms with E-state index in [9.17, 15) is 9.59 Å². The fourth-order valence-corrected chi connectivity index (χ4v) is 3.05. The molecule has 3 N–H and O–H groups in total. The number of benzene rings is 2. The van der Waals surface area contributed by atoms with Crippen molar-refractivity contribution < 1.29 is 9.59 Å². The number of rotatable bonds is 3. The van der Waals surface area contributed by atoms with Crippen molar-refractivity contribution in [3.05, 3.63) is 65.2 Å². The lowest BCUT2D eigenvalue weighted by atomic mass is 10.0. The van der Waals surface area contributed by atoms with Gasteiger partial charge in [0.2, 0.25) is 0 Å². The summed E-state index contributed by atoms with van der Waals surface area (Å²) >= 11 is 0. The number of likely N-dealkylation sites (tertiary alicyclic amines) is 1. The minimum Gasteiger partial charge on any atom is -0.337 e. The molecule has 1 aliphatic heterocycles. The van der Waals surface area contributed by atoms with Crippen LogP contribution in [0.3, 0.4) is 0 Å². The molecule has 5 nitrogen and oxygen atoms in total. The Morgan fingerprint density at radius 3 is 2.54 bits per heavy atom. The molecule has 1 aliphatic rings. The van der Waals surface area contributed by atoms with Gasteiger partial charge in [-0.2, -0.15) is 0 Å². The highest BCUT2D eigenvalue weighted by molar-refractivity contribution is 6.05. The number of nitrogens with one attached hydrogen (secondary N) is 1. The first-order valence-corrected chi connectivity index (χ1v) is 8.56. The van der Waals surface area contributed by atoms with E-state index in [4.69, 9.17) is 5.73 Å². The van der Waals surface area contributed by atoms with Crippen LogP contribution in [0.2, 0.25) is 0 Å². The molecule has 1 fully saturated rings. The molecule has 3 rings (SSSR count). The predicted molar refractivity (Wildman–Crippen MR) is 106 cm³/mol. The molecule has 0 saturated carbocycles. The minimum atomic E-state index is -0.187. The van der Waals surface area contributed by atoms with Gasteiger partial charge < -0.3 is 16.0 Å². The fraction of sp³-hybridized carbons (Fsp3) is 0.300. The second-order valence-corrected chi connectivity index (χ2v) is 6.50. The maximum Gasteiger partial charge on any atom is 0.255 e. The van der Waals surface area contributed by atoms with Crippen LogP contribution in [0.5, 0.6) is 0 Å². The number of halogens is 1. The van der Waals surface area contributed by atoms with Crippen molar-refractivity contribution in [3.63, 3.8) is 0 Å². The van der Waals surface area contributed by atoms with Gasteiger partial charge in [0.1, 0.15) is 0 Å². The maximum atomic E-state index is 12.7. The lowest BCUT2D eigenvalue weighted by molar-refractivity contribution is 0.0708. The summed E-state index contributed by atoms with van der Waals surface area (Å²) in [6.45, 7) is 3.22. The molecule has 1 heterocycles. The Hall–Kier alpha value is -2.37. The van der Waals surface area contributed by atoms with E-state index in [0.29, 0.717) is 23.4 Å². The lowest BCUT2D eigenvalue weighted by Crippen LogP contribution is -2.45. The van der Waals surface area contributed by atoms with Crippen LogP contribution < -0.4 is 11.1 Å². The summed E-state index contributed by atoms with van der Waals surface area (Å²) in [5, 5.41) is 2.90. The zero-order valence-electron chi connectivity index (χ0n) is 14.8. The van der Waals surface area contributed by atoms with E-state index in [2.05, 4.69) is 5.32 Å². The standard InChI is InChI=1S/C20H23N3O2.ClH/c1-14-9-10-16(20(25)23-11-5-8-17(21)13-23)12-18(14)22-19(24)15-6-3-2-4-7-15;/h2-4,6-7,9-10,12,17H,5,8,11,13,21H2,1H3,(H,22,24);1H. The van der Waals surface area contributed by atoms with Crippen LogP contribution in [0.1, 0.15) is 39.1 Å². The average molecular weight is 374 g/mol. The van der Waals surface area contributed by atoms with Gasteiger partial charge in [-0.05, 0) is 49.6 Å². The van der Waals surface area contributed by atoms with Crippen molar-refractivity contribution in [2.24, 2.45) is 5.73 Å². The zero-order chi connectivity index (χ0) is 17.8. The van der Waals surface area contributed by atoms with E-state index in [1.54, 1.807) is 29.2 Å². The molecule has 0 aliphatic carbocycles. The molecule has 0 radical (unpaired) electrons. The highest BCUT2D eigenvalue weighted by Gasteiger charge is 2.22. The number of carbonyl (C=O) groups excluding carboxylic acids is 2. The van der Waals surface area contributed by atoms with Crippen LogP contribution in [0.15, 0.2) is 48.5 Å². The summed E-state index contributed by atoms with van der Waals surface area (Å²) in [5.74, 6) is -0.223. The van der Waals surface area contributed by atoms with E-state index in [-0.39, 0.29) is 30.3 Å². The molecule has 2 amide bonds. The molecule has 1 saturated heterocycles. The molecule has 2 aromatic carbocycles. The molecule has 138 valence electrons. The zero-order valence-corrected chi connectivity index (χ0v) is 15.6. The van der Waals surface area contributed by atoms with Crippen molar-refractivity contribution >= 4 is 29.9 Å². The first kappa shape index (κ1) is 19.9. The fourth-order valence-electron chi connectivity index (χ4n) is 3.05. The van der Waals surface area contributed by atoms with Crippen LogP contribution in [0.4, 0.5) is 5.69 Å². The molecule has 1 atom stereocenters. The van der Waals surface area contributed by atoms with Crippen LogP contribution in [0, 0.1) is 6.92 Å². The van der Waals surface area contributed by atoms with Gasteiger partial charge >= 0.3 is 0 Å². The molecular formula is C20H24ClN3O2. The minimum absolute atomic E-state index is 0. The van der Waals surface area contributed by atoms with E-state index in [0.717, 1.165) is 24.9 Å². The summed E-state index contributed by atoms with van der Waals surface area (Å²) < 4.78 is 0.